The molecule has 2 rings (SSSR count). The summed E-state index contributed by atoms with van der Waals surface area (Å²) >= 11 is 0. The first-order valence-corrected chi connectivity index (χ1v) is 6.70. The highest BCUT2D eigenvalue weighted by molar-refractivity contribution is 5.73. The molecule has 0 aliphatic heterocycles. The normalized spacial score (nSPS) is 10.0. The lowest BCUT2D eigenvalue weighted by molar-refractivity contribution is 0.206. The topological polar surface area (TPSA) is 54.5 Å². The molecular weight excluding hydrogens is 266 g/mol. The lowest BCUT2D eigenvalue weighted by atomic mass is 10.2. The Balaban J connectivity index is 1.83. The largest absolute Gasteiger partial charge is 0.497 e. The Bertz CT molecular complexity index is 570. The summed E-state index contributed by atoms with van der Waals surface area (Å²) < 4.78 is 5.10. The quantitative estimate of drug-likeness (QED) is 0.918. The van der Waals surface area contributed by atoms with Gasteiger partial charge < -0.3 is 15.0 Å². The summed E-state index contributed by atoms with van der Waals surface area (Å²) in [6, 6.07) is 11.3. The number of pyridine rings is 1. The fraction of sp³-hybridized carbons (Fsp3) is 0.250. The van der Waals surface area contributed by atoms with Crippen molar-refractivity contribution in [3.63, 3.8) is 0 Å². The SMILES string of the molecule is COc1ccc(CNC(=O)N(C)Cc2ccncc2)cc1. The van der Waals surface area contributed by atoms with E-state index in [4.69, 9.17) is 4.74 Å². The predicted molar refractivity (Wildman–Crippen MR) is 80.9 cm³/mol. The van der Waals surface area contributed by atoms with Crippen LogP contribution in [0, 0.1) is 0 Å². The van der Waals surface area contributed by atoms with Crippen LogP contribution in [0.15, 0.2) is 48.8 Å². The summed E-state index contributed by atoms with van der Waals surface area (Å²) in [5.74, 6) is 0.805. The summed E-state index contributed by atoms with van der Waals surface area (Å²) in [4.78, 5) is 17.6. The van der Waals surface area contributed by atoms with E-state index in [-0.39, 0.29) is 6.03 Å². The van der Waals surface area contributed by atoms with Crippen LogP contribution in [0.3, 0.4) is 0 Å². The molecule has 21 heavy (non-hydrogen) atoms. The molecule has 5 heteroatoms. The number of methoxy groups -OCH3 is 1. The van der Waals surface area contributed by atoms with Crippen LogP contribution >= 0.6 is 0 Å². The van der Waals surface area contributed by atoms with Crippen LogP contribution in [0.25, 0.3) is 0 Å². The molecule has 1 heterocycles. The molecule has 2 amide bonds. The van der Waals surface area contributed by atoms with Crippen molar-refractivity contribution in [3.05, 3.63) is 59.9 Å². The summed E-state index contributed by atoms with van der Waals surface area (Å²) in [7, 11) is 3.40. The second kappa shape index (κ2) is 7.28. The maximum atomic E-state index is 12.0. The number of amides is 2. The van der Waals surface area contributed by atoms with Crippen molar-refractivity contribution in [2.24, 2.45) is 0 Å². The number of rotatable bonds is 5. The van der Waals surface area contributed by atoms with Gasteiger partial charge in [0.1, 0.15) is 5.75 Å². The highest BCUT2D eigenvalue weighted by Crippen LogP contribution is 2.11. The fourth-order valence-corrected chi connectivity index (χ4v) is 1.89. The molecule has 5 nitrogen and oxygen atoms in total. The molecule has 0 saturated heterocycles. The molecule has 110 valence electrons. The molecule has 0 radical (unpaired) electrons. The number of hydrogen-bond acceptors (Lipinski definition) is 3. The molecule has 0 aliphatic carbocycles. The standard InChI is InChI=1S/C16H19N3O2/c1-19(12-14-7-9-17-10-8-14)16(20)18-11-13-3-5-15(21-2)6-4-13/h3-10H,11-12H2,1-2H3,(H,18,20). The number of nitrogens with one attached hydrogen (secondary N) is 1. The predicted octanol–water partition coefficient (Wildman–Crippen LogP) is 2.43. The van der Waals surface area contributed by atoms with Gasteiger partial charge in [-0.1, -0.05) is 12.1 Å². The Labute approximate surface area is 124 Å². The van der Waals surface area contributed by atoms with Gasteiger partial charge in [-0.15, -0.1) is 0 Å². The maximum Gasteiger partial charge on any atom is 0.317 e. The molecule has 1 aromatic heterocycles. The van der Waals surface area contributed by atoms with Crippen molar-refractivity contribution in [1.82, 2.24) is 15.2 Å². The molecule has 0 aliphatic rings. The third-order valence-electron chi connectivity index (χ3n) is 3.12. The molecular formula is C16H19N3O2. The zero-order valence-corrected chi connectivity index (χ0v) is 12.2. The average molecular weight is 285 g/mol. The lowest BCUT2D eigenvalue weighted by Crippen LogP contribution is -2.36. The Morgan fingerprint density at radius 2 is 1.81 bits per heavy atom. The molecule has 0 atom stereocenters. The van der Waals surface area contributed by atoms with Crippen molar-refractivity contribution in [1.29, 1.82) is 0 Å². The number of carbonyl (C=O) groups is 1. The Kier molecular flexibility index (Phi) is 5.15. The first kappa shape index (κ1) is 14.8. The molecule has 0 saturated carbocycles. The second-order valence-corrected chi connectivity index (χ2v) is 4.72. The van der Waals surface area contributed by atoms with Crippen molar-refractivity contribution in [2.45, 2.75) is 13.1 Å². The van der Waals surface area contributed by atoms with Crippen molar-refractivity contribution in [2.75, 3.05) is 14.2 Å². The van der Waals surface area contributed by atoms with E-state index in [0.717, 1.165) is 16.9 Å². The van der Waals surface area contributed by atoms with Crippen LogP contribution in [-0.2, 0) is 13.1 Å². The smallest absolute Gasteiger partial charge is 0.317 e. The van der Waals surface area contributed by atoms with E-state index < -0.39 is 0 Å². The summed E-state index contributed by atoms with van der Waals surface area (Å²) in [6.07, 6.45) is 3.44. The minimum absolute atomic E-state index is 0.109. The van der Waals surface area contributed by atoms with Gasteiger partial charge in [0.25, 0.3) is 0 Å². The highest BCUT2D eigenvalue weighted by atomic mass is 16.5. The zero-order chi connectivity index (χ0) is 15.1. The van der Waals surface area contributed by atoms with Gasteiger partial charge in [-0.3, -0.25) is 4.98 Å². The summed E-state index contributed by atoms with van der Waals surface area (Å²) in [5, 5.41) is 2.89. The number of aromatic nitrogens is 1. The van der Waals surface area contributed by atoms with Crippen LogP contribution in [0.2, 0.25) is 0 Å². The molecule has 1 aromatic carbocycles. The monoisotopic (exact) mass is 285 g/mol. The van der Waals surface area contributed by atoms with Gasteiger partial charge in [0.05, 0.1) is 7.11 Å². The van der Waals surface area contributed by atoms with Gasteiger partial charge in [-0.2, -0.15) is 0 Å². The van der Waals surface area contributed by atoms with Gasteiger partial charge in [0.2, 0.25) is 0 Å². The third kappa shape index (κ3) is 4.49. The van der Waals surface area contributed by atoms with E-state index in [2.05, 4.69) is 10.3 Å². The Morgan fingerprint density at radius 3 is 2.43 bits per heavy atom. The number of carbonyl (C=O) groups excluding carboxylic acids is 1. The Morgan fingerprint density at radius 1 is 1.14 bits per heavy atom. The van der Waals surface area contributed by atoms with Crippen LogP contribution in [-0.4, -0.2) is 30.1 Å². The minimum atomic E-state index is -0.109. The van der Waals surface area contributed by atoms with Crippen LogP contribution in [0.1, 0.15) is 11.1 Å². The van der Waals surface area contributed by atoms with Crippen LogP contribution < -0.4 is 10.1 Å². The Hall–Kier alpha value is -2.56. The maximum absolute atomic E-state index is 12.0. The summed E-state index contributed by atoms with van der Waals surface area (Å²) in [5.41, 5.74) is 2.08. The number of nitrogens with zero attached hydrogens (tertiary/aromatic N) is 2. The van der Waals surface area contributed by atoms with Crippen molar-refractivity contribution >= 4 is 6.03 Å². The van der Waals surface area contributed by atoms with Crippen LogP contribution in [0.4, 0.5) is 4.79 Å². The summed E-state index contributed by atoms with van der Waals surface area (Å²) in [6.45, 7) is 1.04. The molecule has 0 spiro atoms. The first-order chi connectivity index (χ1) is 10.2. The number of urea groups is 1. The molecule has 2 aromatic rings. The lowest BCUT2D eigenvalue weighted by Gasteiger charge is -2.18. The van der Waals surface area contributed by atoms with E-state index in [1.54, 1.807) is 31.5 Å². The fourth-order valence-electron chi connectivity index (χ4n) is 1.89. The molecule has 0 bridgehead atoms. The van der Waals surface area contributed by atoms with E-state index in [9.17, 15) is 4.79 Å². The molecule has 0 unspecified atom stereocenters. The average Bonchev–Trinajstić information content (AvgIpc) is 2.54. The van der Waals surface area contributed by atoms with E-state index in [1.165, 1.54) is 0 Å². The minimum Gasteiger partial charge on any atom is -0.497 e. The number of ether oxygens (including phenoxy) is 1. The van der Waals surface area contributed by atoms with Gasteiger partial charge in [0.15, 0.2) is 0 Å². The molecule has 0 fully saturated rings. The zero-order valence-electron chi connectivity index (χ0n) is 12.2. The third-order valence-corrected chi connectivity index (χ3v) is 3.12. The van der Waals surface area contributed by atoms with E-state index in [0.29, 0.717) is 13.1 Å². The first-order valence-electron chi connectivity index (χ1n) is 6.70. The molecule has 1 N–H and O–H groups in total. The van der Waals surface area contributed by atoms with E-state index in [1.807, 2.05) is 36.4 Å². The number of hydrogen-bond donors (Lipinski definition) is 1. The van der Waals surface area contributed by atoms with Crippen molar-refractivity contribution in [3.8, 4) is 5.75 Å². The van der Waals surface area contributed by atoms with Gasteiger partial charge >= 0.3 is 6.03 Å². The second-order valence-electron chi connectivity index (χ2n) is 4.72. The van der Waals surface area contributed by atoms with Crippen molar-refractivity contribution < 1.29 is 9.53 Å². The van der Waals surface area contributed by atoms with Gasteiger partial charge in [-0.05, 0) is 35.4 Å². The number of benzene rings is 1. The highest BCUT2D eigenvalue weighted by Gasteiger charge is 2.08. The van der Waals surface area contributed by atoms with Gasteiger partial charge in [-0.25, -0.2) is 4.79 Å². The van der Waals surface area contributed by atoms with Gasteiger partial charge in [0, 0.05) is 32.5 Å². The van der Waals surface area contributed by atoms with E-state index >= 15 is 0 Å². The van der Waals surface area contributed by atoms with Crippen LogP contribution in [0.5, 0.6) is 5.75 Å².